The molecule has 2 rings (SSSR count). The fraction of sp³-hybridized carbons (Fsp3) is 0.286. The molecule has 0 spiro atoms. The number of hydrogen-bond acceptors (Lipinski definition) is 6. The fourth-order valence-corrected chi connectivity index (χ4v) is 3.19. The van der Waals surface area contributed by atoms with Crippen molar-refractivity contribution >= 4 is 28.2 Å². The van der Waals surface area contributed by atoms with Crippen LogP contribution in [0.4, 0.5) is 5.13 Å². The number of aromatic nitrogens is 2. The summed E-state index contributed by atoms with van der Waals surface area (Å²) in [4.78, 5) is 1.96. The molecule has 0 aliphatic heterocycles. The first-order chi connectivity index (χ1) is 9.69. The number of anilines is 1. The molecule has 20 heavy (non-hydrogen) atoms. The summed E-state index contributed by atoms with van der Waals surface area (Å²) >= 11 is 3.29. The molecule has 0 unspecified atom stereocenters. The SMILES string of the molecule is CN(C)c1nnc(SCc2cccc(C#CCN)c2)s1. The van der Waals surface area contributed by atoms with Crippen molar-refractivity contribution in [2.24, 2.45) is 5.73 Å². The first-order valence-corrected chi connectivity index (χ1v) is 7.91. The van der Waals surface area contributed by atoms with E-state index in [9.17, 15) is 0 Å². The van der Waals surface area contributed by atoms with Crippen LogP contribution in [0.25, 0.3) is 0 Å². The molecule has 2 aromatic rings. The van der Waals surface area contributed by atoms with Crippen molar-refractivity contribution in [2.45, 2.75) is 10.1 Å². The van der Waals surface area contributed by atoms with E-state index in [4.69, 9.17) is 5.73 Å². The van der Waals surface area contributed by atoms with Crippen molar-refractivity contribution in [3.63, 3.8) is 0 Å². The van der Waals surface area contributed by atoms with E-state index >= 15 is 0 Å². The van der Waals surface area contributed by atoms with Crippen LogP contribution in [0.5, 0.6) is 0 Å². The van der Waals surface area contributed by atoms with Crippen molar-refractivity contribution < 1.29 is 0 Å². The highest BCUT2D eigenvalue weighted by molar-refractivity contribution is 8.00. The van der Waals surface area contributed by atoms with E-state index in [-0.39, 0.29) is 0 Å². The quantitative estimate of drug-likeness (QED) is 0.693. The lowest BCUT2D eigenvalue weighted by molar-refractivity contribution is 0.972. The standard InChI is InChI=1S/C14H16N4S2/c1-18(2)13-16-17-14(20-13)19-10-12-6-3-5-11(9-12)7-4-8-15/h3,5-6,9H,8,10,15H2,1-2H3. The Labute approximate surface area is 127 Å². The summed E-state index contributed by atoms with van der Waals surface area (Å²) in [5.41, 5.74) is 7.60. The zero-order valence-electron chi connectivity index (χ0n) is 11.5. The third kappa shape index (κ3) is 4.23. The van der Waals surface area contributed by atoms with Crippen LogP contribution in [0.15, 0.2) is 28.6 Å². The highest BCUT2D eigenvalue weighted by Gasteiger charge is 2.06. The smallest absolute Gasteiger partial charge is 0.208 e. The van der Waals surface area contributed by atoms with Gasteiger partial charge in [-0.1, -0.05) is 47.1 Å². The monoisotopic (exact) mass is 304 g/mol. The molecule has 1 aromatic carbocycles. The highest BCUT2D eigenvalue weighted by atomic mass is 32.2. The Kier molecular flexibility index (Phi) is 5.41. The van der Waals surface area contributed by atoms with Gasteiger partial charge in [-0.15, -0.1) is 10.2 Å². The molecule has 4 nitrogen and oxygen atoms in total. The zero-order chi connectivity index (χ0) is 14.4. The minimum absolute atomic E-state index is 0.386. The van der Waals surface area contributed by atoms with Gasteiger partial charge in [0.25, 0.3) is 0 Å². The first kappa shape index (κ1) is 14.9. The van der Waals surface area contributed by atoms with Gasteiger partial charge in [0.2, 0.25) is 5.13 Å². The summed E-state index contributed by atoms with van der Waals surface area (Å²) < 4.78 is 0.979. The predicted molar refractivity (Wildman–Crippen MR) is 86.2 cm³/mol. The van der Waals surface area contributed by atoms with Crippen molar-refractivity contribution in [3.8, 4) is 11.8 Å². The van der Waals surface area contributed by atoms with Crippen molar-refractivity contribution in [2.75, 3.05) is 25.5 Å². The molecular formula is C14H16N4S2. The molecule has 0 amide bonds. The highest BCUT2D eigenvalue weighted by Crippen LogP contribution is 2.29. The molecule has 1 heterocycles. The second kappa shape index (κ2) is 7.29. The number of nitrogens with zero attached hydrogens (tertiary/aromatic N) is 3. The maximum Gasteiger partial charge on any atom is 0.208 e. The molecule has 0 fully saturated rings. The largest absolute Gasteiger partial charge is 0.353 e. The van der Waals surface area contributed by atoms with Gasteiger partial charge in [-0.05, 0) is 17.7 Å². The van der Waals surface area contributed by atoms with E-state index in [1.54, 1.807) is 23.1 Å². The van der Waals surface area contributed by atoms with Crippen LogP contribution in [0.2, 0.25) is 0 Å². The lowest BCUT2D eigenvalue weighted by atomic mass is 10.1. The van der Waals surface area contributed by atoms with Gasteiger partial charge in [-0.2, -0.15) is 0 Å². The first-order valence-electron chi connectivity index (χ1n) is 6.10. The average Bonchev–Trinajstić information content (AvgIpc) is 2.92. The van der Waals surface area contributed by atoms with Crippen LogP contribution in [-0.4, -0.2) is 30.8 Å². The van der Waals surface area contributed by atoms with Crippen LogP contribution in [-0.2, 0) is 5.75 Å². The van der Waals surface area contributed by atoms with Crippen LogP contribution in [0.1, 0.15) is 11.1 Å². The van der Waals surface area contributed by atoms with E-state index < -0.39 is 0 Å². The number of thioether (sulfide) groups is 1. The van der Waals surface area contributed by atoms with E-state index in [0.29, 0.717) is 6.54 Å². The van der Waals surface area contributed by atoms with E-state index in [2.05, 4.69) is 34.2 Å². The molecule has 1 aromatic heterocycles. The third-order valence-corrected chi connectivity index (χ3v) is 4.70. The molecule has 0 aliphatic rings. The molecule has 2 N–H and O–H groups in total. The van der Waals surface area contributed by atoms with Gasteiger partial charge < -0.3 is 10.6 Å². The van der Waals surface area contributed by atoms with Crippen molar-refractivity contribution in [1.82, 2.24) is 10.2 Å². The minimum atomic E-state index is 0.386. The Bertz CT molecular complexity index is 625. The molecular weight excluding hydrogens is 288 g/mol. The third-order valence-electron chi connectivity index (χ3n) is 2.40. The zero-order valence-corrected chi connectivity index (χ0v) is 13.1. The summed E-state index contributed by atoms with van der Waals surface area (Å²) in [5.74, 6) is 6.77. The van der Waals surface area contributed by atoms with Gasteiger partial charge in [0.1, 0.15) is 0 Å². The molecule has 0 atom stereocenters. The van der Waals surface area contributed by atoms with Crippen LogP contribution < -0.4 is 10.6 Å². The molecule has 6 heteroatoms. The van der Waals surface area contributed by atoms with Gasteiger partial charge >= 0.3 is 0 Å². The van der Waals surface area contributed by atoms with Crippen LogP contribution in [0.3, 0.4) is 0 Å². The van der Waals surface area contributed by atoms with Gasteiger partial charge in [0.05, 0.1) is 6.54 Å². The summed E-state index contributed by atoms with van der Waals surface area (Å²) in [5, 5.41) is 9.22. The summed E-state index contributed by atoms with van der Waals surface area (Å²) in [6.07, 6.45) is 0. The Hall–Kier alpha value is -1.55. The Morgan fingerprint density at radius 2 is 2.20 bits per heavy atom. The van der Waals surface area contributed by atoms with Gasteiger partial charge in [0, 0.05) is 25.4 Å². The number of benzene rings is 1. The Morgan fingerprint density at radius 1 is 1.35 bits per heavy atom. The van der Waals surface area contributed by atoms with Crippen LogP contribution >= 0.6 is 23.1 Å². The van der Waals surface area contributed by atoms with Gasteiger partial charge in [-0.25, -0.2) is 0 Å². The molecule has 104 valence electrons. The molecule has 0 bridgehead atoms. The number of rotatable bonds is 4. The van der Waals surface area contributed by atoms with E-state index in [1.165, 1.54) is 5.56 Å². The van der Waals surface area contributed by atoms with Gasteiger partial charge in [0.15, 0.2) is 4.34 Å². The Balaban J connectivity index is 1.99. The van der Waals surface area contributed by atoms with Crippen LogP contribution in [0, 0.1) is 11.8 Å². The summed E-state index contributed by atoms with van der Waals surface area (Å²) in [7, 11) is 3.93. The van der Waals surface area contributed by atoms with Gasteiger partial charge in [-0.3, -0.25) is 0 Å². The second-order valence-electron chi connectivity index (χ2n) is 4.24. The molecule has 0 saturated heterocycles. The lowest BCUT2D eigenvalue weighted by Crippen LogP contribution is -2.07. The minimum Gasteiger partial charge on any atom is -0.353 e. The molecule has 0 radical (unpaired) electrons. The van der Waals surface area contributed by atoms with Crippen molar-refractivity contribution in [1.29, 1.82) is 0 Å². The molecule has 0 aliphatic carbocycles. The second-order valence-corrected chi connectivity index (χ2v) is 6.42. The summed E-state index contributed by atoms with van der Waals surface area (Å²) in [6.45, 7) is 0.386. The summed E-state index contributed by atoms with van der Waals surface area (Å²) in [6, 6.07) is 8.19. The molecule has 0 saturated carbocycles. The predicted octanol–water partition coefficient (Wildman–Crippen LogP) is 2.21. The maximum atomic E-state index is 5.38. The number of hydrogen-bond donors (Lipinski definition) is 1. The average molecular weight is 304 g/mol. The van der Waals surface area contributed by atoms with E-state index in [0.717, 1.165) is 20.8 Å². The topological polar surface area (TPSA) is 55.0 Å². The van der Waals surface area contributed by atoms with Crippen molar-refractivity contribution in [3.05, 3.63) is 35.4 Å². The Morgan fingerprint density at radius 3 is 2.90 bits per heavy atom. The lowest BCUT2D eigenvalue weighted by Gasteiger charge is -2.03. The van der Waals surface area contributed by atoms with E-state index in [1.807, 2.05) is 31.1 Å². The maximum absolute atomic E-state index is 5.38. The normalized spacial score (nSPS) is 9.95. The fourth-order valence-electron chi connectivity index (χ4n) is 1.48. The number of nitrogens with two attached hydrogens (primary N) is 1.